The molecule has 0 aromatic rings. The van der Waals surface area contributed by atoms with Gasteiger partial charge in [0.1, 0.15) is 0 Å². The first-order valence-corrected chi connectivity index (χ1v) is 13.2. The zero-order valence-electron chi connectivity index (χ0n) is 23.0. The fraction of sp³-hybridized carbons (Fsp3) is 0.690. The molecule has 0 aliphatic heterocycles. The Morgan fingerprint density at radius 3 is 1.11 bits per heavy atom. The molecule has 0 rings (SSSR count). The molecule has 0 aliphatic carbocycles. The molecule has 36 heavy (non-hydrogen) atoms. The van der Waals surface area contributed by atoms with Gasteiger partial charge in [0.05, 0.1) is 0 Å². The Labute approximate surface area is 219 Å². The molecule has 0 aromatic heterocycles. The molecule has 0 saturated carbocycles. The first kappa shape index (κ1) is 38.3. The third-order valence-electron chi connectivity index (χ3n) is 5.44. The second-order valence-corrected chi connectivity index (χ2v) is 9.26. The minimum absolute atomic E-state index is 0.107. The first-order valence-electron chi connectivity index (χ1n) is 13.2. The van der Waals surface area contributed by atoms with Crippen molar-refractivity contribution in [1.82, 2.24) is 0 Å². The van der Waals surface area contributed by atoms with E-state index in [9.17, 15) is 24.6 Å². The molecule has 0 heterocycles. The Balaban J connectivity index is -0.000000742. The lowest BCUT2D eigenvalue weighted by atomic mass is 10.0. The fourth-order valence-electron chi connectivity index (χ4n) is 3.03. The number of hydrogen-bond acceptors (Lipinski definition) is 5. The normalized spacial score (nSPS) is 10.2. The second-order valence-electron chi connectivity index (χ2n) is 9.26. The highest BCUT2D eigenvalue weighted by Gasteiger charge is 2.29. The summed E-state index contributed by atoms with van der Waals surface area (Å²) in [6.45, 7) is 14.7. The Bertz CT molecular complexity index is 588. The smallest absolute Gasteiger partial charge is 0.330 e. The van der Waals surface area contributed by atoms with Crippen LogP contribution in [0.5, 0.6) is 0 Å². The van der Waals surface area contributed by atoms with Crippen LogP contribution in [0.1, 0.15) is 124 Å². The van der Waals surface area contributed by atoms with Gasteiger partial charge in [0.2, 0.25) is 11.6 Å². The molecule has 0 aromatic carbocycles. The predicted molar refractivity (Wildman–Crippen MR) is 147 cm³/mol. The molecule has 0 spiro atoms. The van der Waals surface area contributed by atoms with Crippen molar-refractivity contribution >= 4 is 17.7 Å². The van der Waals surface area contributed by atoms with Crippen LogP contribution >= 0.6 is 0 Å². The van der Waals surface area contributed by atoms with Gasteiger partial charge in [0.15, 0.2) is 0 Å². The van der Waals surface area contributed by atoms with E-state index in [1.165, 1.54) is 90.9 Å². The van der Waals surface area contributed by atoms with Crippen molar-refractivity contribution in [3.05, 3.63) is 37.0 Å². The minimum atomic E-state index is -2.21. The molecule has 0 radical (unpaired) electrons. The number of ketones is 1. The average Bonchev–Trinajstić information content (AvgIpc) is 2.81. The summed E-state index contributed by atoms with van der Waals surface area (Å²) in [6, 6.07) is 0. The number of carboxylic acid groups (broad SMARTS) is 2. The van der Waals surface area contributed by atoms with Crippen molar-refractivity contribution < 1.29 is 34.8 Å². The lowest BCUT2D eigenvalue weighted by Crippen LogP contribution is -2.36. The highest BCUT2D eigenvalue weighted by atomic mass is 16.5. The highest BCUT2D eigenvalue weighted by Crippen LogP contribution is 2.16. The van der Waals surface area contributed by atoms with Crippen LogP contribution in [0.15, 0.2) is 37.0 Å². The van der Waals surface area contributed by atoms with Crippen LogP contribution < -0.4 is 0 Å². The molecular weight excluding hydrogens is 460 g/mol. The molecule has 0 saturated heterocycles. The molecule has 0 fully saturated rings. The van der Waals surface area contributed by atoms with E-state index in [0.29, 0.717) is 6.42 Å². The summed E-state index contributed by atoms with van der Waals surface area (Å²) in [5.41, 5.74) is 0.352. The van der Waals surface area contributed by atoms with Gasteiger partial charge < -0.3 is 20.4 Å². The van der Waals surface area contributed by atoms with Gasteiger partial charge in [-0.2, -0.15) is 0 Å². The number of carboxylic acids is 2. The molecule has 0 unspecified atom stereocenters. The number of hydrogen-bond donors (Lipinski definition) is 4. The van der Waals surface area contributed by atoms with E-state index in [0.717, 1.165) is 18.9 Å². The van der Waals surface area contributed by atoms with E-state index in [1.807, 2.05) is 0 Å². The lowest BCUT2D eigenvalue weighted by Gasteiger charge is -2.17. The van der Waals surface area contributed by atoms with Gasteiger partial charge in [0.25, 0.3) is 0 Å². The first-order chi connectivity index (χ1) is 16.8. The summed E-state index contributed by atoms with van der Waals surface area (Å²) < 4.78 is 0. The SMILES string of the molecule is C=C(C)C(=O)O.C=C(C)C(=O)O.C=CC(=O)C(O)(O)CCCCCCCCCCCCCCCCC. The molecule has 0 bridgehead atoms. The zero-order chi connectivity index (χ0) is 28.4. The molecule has 0 aliphatic rings. The van der Waals surface area contributed by atoms with Crippen molar-refractivity contribution in [3.8, 4) is 0 Å². The highest BCUT2D eigenvalue weighted by molar-refractivity contribution is 5.94. The number of carbonyl (C=O) groups excluding carboxylic acids is 1. The van der Waals surface area contributed by atoms with Crippen LogP contribution in [0.4, 0.5) is 0 Å². The van der Waals surface area contributed by atoms with Crippen molar-refractivity contribution in [2.45, 2.75) is 129 Å². The van der Waals surface area contributed by atoms with Crippen molar-refractivity contribution in [1.29, 1.82) is 0 Å². The van der Waals surface area contributed by atoms with Gasteiger partial charge in [-0.3, -0.25) is 4.79 Å². The molecule has 7 nitrogen and oxygen atoms in total. The topological polar surface area (TPSA) is 132 Å². The average molecular weight is 513 g/mol. The van der Waals surface area contributed by atoms with Crippen molar-refractivity contribution in [2.24, 2.45) is 0 Å². The minimum Gasteiger partial charge on any atom is -0.478 e. The predicted octanol–water partition coefficient (Wildman–Crippen LogP) is 6.98. The van der Waals surface area contributed by atoms with Crippen LogP contribution in [-0.2, 0) is 14.4 Å². The number of aliphatic hydroxyl groups is 2. The lowest BCUT2D eigenvalue weighted by molar-refractivity contribution is -0.180. The molecule has 210 valence electrons. The summed E-state index contributed by atoms with van der Waals surface area (Å²) in [6.07, 6.45) is 20.1. The largest absolute Gasteiger partial charge is 0.478 e. The van der Waals surface area contributed by atoms with Crippen LogP contribution in [0.2, 0.25) is 0 Å². The summed E-state index contributed by atoms with van der Waals surface area (Å²) in [5, 5.41) is 34.8. The maximum absolute atomic E-state index is 11.2. The van der Waals surface area contributed by atoms with Gasteiger partial charge in [-0.05, 0) is 26.3 Å². The third kappa shape index (κ3) is 29.8. The summed E-state index contributed by atoms with van der Waals surface area (Å²) >= 11 is 0. The molecule has 0 atom stereocenters. The van der Waals surface area contributed by atoms with Crippen LogP contribution in [0.3, 0.4) is 0 Å². The summed E-state index contributed by atoms with van der Waals surface area (Å²) in [4.78, 5) is 30.4. The fourth-order valence-corrected chi connectivity index (χ4v) is 3.03. The third-order valence-corrected chi connectivity index (χ3v) is 5.44. The molecule has 7 heteroatoms. The second kappa shape index (κ2) is 25.8. The molecule has 4 N–H and O–H groups in total. The van der Waals surface area contributed by atoms with Gasteiger partial charge in [-0.25, -0.2) is 9.59 Å². The number of aliphatic carboxylic acids is 2. The van der Waals surface area contributed by atoms with E-state index in [4.69, 9.17) is 10.2 Å². The van der Waals surface area contributed by atoms with Crippen LogP contribution in [0, 0.1) is 0 Å². The Kier molecular flexibility index (Phi) is 27.5. The summed E-state index contributed by atoms with van der Waals surface area (Å²) in [7, 11) is 0. The molecule has 0 amide bonds. The van der Waals surface area contributed by atoms with E-state index < -0.39 is 23.5 Å². The maximum atomic E-state index is 11.2. The van der Waals surface area contributed by atoms with Crippen LogP contribution in [0.25, 0.3) is 0 Å². The van der Waals surface area contributed by atoms with Crippen LogP contribution in [-0.4, -0.2) is 43.9 Å². The zero-order valence-corrected chi connectivity index (χ0v) is 23.0. The molecular formula is C29H52O7. The standard InChI is InChI=1S/C21H40O3.2C4H6O2/c1-3-5-6-7-8-9-10-11-12-13-14-15-16-17-18-19-21(23,24)20(22)4-2;2*1-3(2)4(5)6/h4,23-24H,2-3,5-19H2,1H3;2*1H2,2H3,(H,5,6). The van der Waals surface area contributed by atoms with Gasteiger partial charge in [-0.1, -0.05) is 117 Å². The van der Waals surface area contributed by atoms with Crippen molar-refractivity contribution in [3.63, 3.8) is 0 Å². The number of unbranched alkanes of at least 4 members (excludes halogenated alkanes) is 14. The number of rotatable bonds is 20. The summed E-state index contributed by atoms with van der Waals surface area (Å²) in [5.74, 6) is -4.78. The van der Waals surface area contributed by atoms with E-state index in [2.05, 4.69) is 26.7 Å². The van der Waals surface area contributed by atoms with E-state index in [1.54, 1.807) is 0 Å². The monoisotopic (exact) mass is 512 g/mol. The van der Waals surface area contributed by atoms with E-state index in [-0.39, 0.29) is 17.6 Å². The van der Waals surface area contributed by atoms with E-state index >= 15 is 0 Å². The maximum Gasteiger partial charge on any atom is 0.330 e. The van der Waals surface area contributed by atoms with Gasteiger partial charge in [0, 0.05) is 17.6 Å². The van der Waals surface area contributed by atoms with Gasteiger partial charge >= 0.3 is 11.9 Å². The number of carbonyl (C=O) groups is 3. The quantitative estimate of drug-likeness (QED) is 0.0786. The Hall–Kier alpha value is -2.25. The van der Waals surface area contributed by atoms with Crippen molar-refractivity contribution in [2.75, 3.05) is 0 Å². The Morgan fingerprint density at radius 1 is 0.639 bits per heavy atom. The van der Waals surface area contributed by atoms with Gasteiger partial charge in [-0.15, -0.1) is 0 Å². The Morgan fingerprint density at radius 2 is 0.889 bits per heavy atom.